The van der Waals surface area contributed by atoms with Crippen molar-refractivity contribution in [3.05, 3.63) is 53.3 Å². The molecule has 0 radical (unpaired) electrons. The summed E-state index contributed by atoms with van der Waals surface area (Å²) in [7, 11) is 0. The molecular weight excluding hydrogens is 270 g/mol. The van der Waals surface area contributed by atoms with E-state index in [1.165, 1.54) is 5.56 Å². The summed E-state index contributed by atoms with van der Waals surface area (Å²) >= 11 is 5.79. The lowest BCUT2D eigenvalue weighted by Gasteiger charge is -2.20. The van der Waals surface area contributed by atoms with E-state index < -0.39 is 0 Å². The maximum atomic E-state index is 5.92. The monoisotopic (exact) mass is 289 g/mol. The average Bonchev–Trinajstić information content (AvgIpc) is 2.40. The van der Waals surface area contributed by atoms with Crippen LogP contribution in [0.2, 0.25) is 0 Å². The first-order valence-electron chi connectivity index (χ1n) is 6.70. The van der Waals surface area contributed by atoms with E-state index in [0.717, 1.165) is 22.8 Å². The lowest BCUT2D eigenvalue weighted by molar-refractivity contribution is 0.476. The summed E-state index contributed by atoms with van der Waals surface area (Å²) in [6.45, 7) is 8.68. The van der Waals surface area contributed by atoms with Crippen molar-refractivity contribution in [1.29, 1.82) is 0 Å². The van der Waals surface area contributed by atoms with Crippen LogP contribution in [0.5, 0.6) is 11.5 Å². The largest absolute Gasteiger partial charge is 0.457 e. The molecule has 0 aliphatic carbocycles. The van der Waals surface area contributed by atoms with Crippen LogP contribution in [-0.4, -0.2) is 4.98 Å². The van der Waals surface area contributed by atoms with E-state index in [1.54, 1.807) is 6.20 Å². The highest BCUT2D eigenvalue weighted by Gasteiger charge is 2.15. The molecule has 1 aromatic heterocycles. The van der Waals surface area contributed by atoms with Crippen molar-refractivity contribution in [3.63, 3.8) is 0 Å². The number of aromatic nitrogens is 1. The van der Waals surface area contributed by atoms with Crippen LogP contribution < -0.4 is 4.74 Å². The molecule has 0 saturated carbocycles. The van der Waals surface area contributed by atoms with Crippen LogP contribution in [-0.2, 0) is 11.3 Å². The molecule has 0 bridgehead atoms. The van der Waals surface area contributed by atoms with Crippen molar-refractivity contribution in [2.45, 2.75) is 39.0 Å². The molecule has 3 heteroatoms. The predicted molar refractivity (Wildman–Crippen MR) is 83.7 cm³/mol. The second-order valence-electron chi connectivity index (χ2n) is 5.95. The highest BCUT2D eigenvalue weighted by atomic mass is 35.5. The Morgan fingerprint density at radius 2 is 1.90 bits per heavy atom. The number of ether oxygens (including phenoxy) is 1. The SMILES string of the molecule is Cc1cc(C(C)(C)C)ccc1Oc1ccnc(CCl)c1. The minimum Gasteiger partial charge on any atom is -0.457 e. The fourth-order valence-corrected chi connectivity index (χ4v) is 2.10. The fourth-order valence-electron chi connectivity index (χ4n) is 1.95. The predicted octanol–water partition coefficient (Wildman–Crippen LogP) is 5.22. The van der Waals surface area contributed by atoms with Gasteiger partial charge in [-0.1, -0.05) is 32.9 Å². The van der Waals surface area contributed by atoms with Gasteiger partial charge >= 0.3 is 0 Å². The number of rotatable bonds is 3. The third-order valence-corrected chi connectivity index (χ3v) is 3.47. The quantitative estimate of drug-likeness (QED) is 0.723. The number of alkyl halides is 1. The molecule has 0 aliphatic rings. The van der Waals surface area contributed by atoms with Gasteiger partial charge in [0.15, 0.2) is 0 Å². The van der Waals surface area contributed by atoms with Crippen LogP contribution in [0.15, 0.2) is 36.5 Å². The van der Waals surface area contributed by atoms with Gasteiger partial charge in [0.1, 0.15) is 11.5 Å². The van der Waals surface area contributed by atoms with Crippen molar-refractivity contribution >= 4 is 11.6 Å². The minimum atomic E-state index is 0.145. The third-order valence-electron chi connectivity index (χ3n) is 3.19. The molecule has 0 aliphatic heterocycles. The topological polar surface area (TPSA) is 22.1 Å². The smallest absolute Gasteiger partial charge is 0.130 e. The van der Waals surface area contributed by atoms with E-state index in [2.05, 4.69) is 44.8 Å². The molecule has 0 unspecified atom stereocenters. The van der Waals surface area contributed by atoms with Crippen molar-refractivity contribution in [2.75, 3.05) is 0 Å². The van der Waals surface area contributed by atoms with Gasteiger partial charge in [-0.25, -0.2) is 0 Å². The van der Waals surface area contributed by atoms with Gasteiger partial charge in [-0.3, -0.25) is 4.98 Å². The molecule has 0 saturated heterocycles. The average molecular weight is 290 g/mol. The summed E-state index contributed by atoms with van der Waals surface area (Å²) in [5.74, 6) is 2.02. The summed E-state index contributed by atoms with van der Waals surface area (Å²) in [5.41, 5.74) is 3.39. The Morgan fingerprint density at radius 3 is 2.50 bits per heavy atom. The Labute approximate surface area is 125 Å². The first kappa shape index (κ1) is 14.9. The summed E-state index contributed by atoms with van der Waals surface area (Å²) in [4.78, 5) is 4.16. The van der Waals surface area contributed by atoms with Gasteiger partial charge in [0.25, 0.3) is 0 Å². The highest BCUT2D eigenvalue weighted by molar-refractivity contribution is 6.16. The summed E-state index contributed by atoms with van der Waals surface area (Å²) in [6, 6.07) is 10.0. The van der Waals surface area contributed by atoms with Crippen LogP contribution in [0.25, 0.3) is 0 Å². The van der Waals surface area contributed by atoms with E-state index in [0.29, 0.717) is 5.88 Å². The number of nitrogens with zero attached hydrogens (tertiary/aromatic N) is 1. The lowest BCUT2D eigenvalue weighted by Crippen LogP contribution is -2.11. The first-order chi connectivity index (χ1) is 9.40. The van der Waals surface area contributed by atoms with Crippen LogP contribution >= 0.6 is 11.6 Å². The van der Waals surface area contributed by atoms with E-state index in [4.69, 9.17) is 16.3 Å². The Bertz CT molecular complexity index is 602. The Balaban J connectivity index is 2.25. The Hall–Kier alpha value is -1.54. The van der Waals surface area contributed by atoms with E-state index >= 15 is 0 Å². The Kier molecular flexibility index (Phi) is 4.34. The Morgan fingerprint density at radius 1 is 1.15 bits per heavy atom. The molecule has 1 heterocycles. The molecular formula is C17H20ClNO. The molecule has 0 atom stereocenters. The van der Waals surface area contributed by atoms with Crippen molar-refractivity contribution in [2.24, 2.45) is 0 Å². The van der Waals surface area contributed by atoms with Crippen LogP contribution in [0.1, 0.15) is 37.6 Å². The molecule has 2 aromatic rings. The second-order valence-corrected chi connectivity index (χ2v) is 6.22. The number of hydrogen-bond donors (Lipinski definition) is 0. The van der Waals surface area contributed by atoms with Gasteiger partial charge in [0.2, 0.25) is 0 Å². The first-order valence-corrected chi connectivity index (χ1v) is 7.23. The third kappa shape index (κ3) is 3.51. The normalized spacial score (nSPS) is 11.4. The van der Waals surface area contributed by atoms with Gasteiger partial charge in [0.05, 0.1) is 11.6 Å². The number of hydrogen-bond acceptors (Lipinski definition) is 2. The highest BCUT2D eigenvalue weighted by Crippen LogP contribution is 2.30. The zero-order chi connectivity index (χ0) is 14.8. The summed E-state index contributed by atoms with van der Waals surface area (Å²) in [5, 5.41) is 0. The second kappa shape index (κ2) is 5.84. The zero-order valence-corrected chi connectivity index (χ0v) is 13.2. The molecule has 2 nitrogen and oxygen atoms in total. The molecule has 0 amide bonds. The van der Waals surface area contributed by atoms with Gasteiger partial charge in [0, 0.05) is 12.3 Å². The summed E-state index contributed by atoms with van der Waals surface area (Å²) in [6.07, 6.45) is 1.71. The maximum Gasteiger partial charge on any atom is 0.130 e. The molecule has 0 fully saturated rings. The molecule has 1 aromatic carbocycles. The molecule has 0 spiro atoms. The van der Waals surface area contributed by atoms with Gasteiger partial charge in [-0.2, -0.15) is 0 Å². The van der Waals surface area contributed by atoms with Crippen LogP contribution in [0, 0.1) is 6.92 Å². The van der Waals surface area contributed by atoms with Gasteiger partial charge < -0.3 is 4.74 Å². The fraction of sp³-hybridized carbons (Fsp3) is 0.353. The molecule has 20 heavy (non-hydrogen) atoms. The van der Waals surface area contributed by atoms with Gasteiger partial charge in [-0.15, -0.1) is 11.6 Å². The van der Waals surface area contributed by atoms with Crippen molar-refractivity contribution < 1.29 is 4.74 Å². The van der Waals surface area contributed by atoms with Crippen LogP contribution in [0.3, 0.4) is 0 Å². The molecule has 106 valence electrons. The van der Waals surface area contributed by atoms with E-state index in [-0.39, 0.29) is 5.41 Å². The van der Waals surface area contributed by atoms with Crippen LogP contribution in [0.4, 0.5) is 0 Å². The van der Waals surface area contributed by atoms with Gasteiger partial charge in [-0.05, 0) is 35.6 Å². The number of halogens is 1. The maximum absolute atomic E-state index is 5.92. The zero-order valence-electron chi connectivity index (χ0n) is 12.4. The minimum absolute atomic E-state index is 0.145. The number of pyridine rings is 1. The van der Waals surface area contributed by atoms with E-state index in [1.807, 2.05) is 18.2 Å². The number of aryl methyl sites for hydroxylation is 1. The lowest BCUT2D eigenvalue weighted by atomic mass is 9.86. The van der Waals surface area contributed by atoms with Crippen molar-refractivity contribution in [1.82, 2.24) is 4.98 Å². The molecule has 2 rings (SSSR count). The molecule has 0 N–H and O–H groups in total. The van der Waals surface area contributed by atoms with Crippen molar-refractivity contribution in [3.8, 4) is 11.5 Å². The standard InChI is InChI=1S/C17H20ClNO/c1-12-9-13(17(2,3)4)5-6-16(12)20-15-7-8-19-14(10-15)11-18/h5-10H,11H2,1-4H3. The summed E-state index contributed by atoms with van der Waals surface area (Å²) < 4.78 is 5.92. The number of benzene rings is 1. The van der Waals surface area contributed by atoms with E-state index in [9.17, 15) is 0 Å².